The van der Waals surface area contributed by atoms with Crippen LogP contribution in [0.2, 0.25) is 0 Å². The summed E-state index contributed by atoms with van der Waals surface area (Å²) >= 11 is 3.43. The van der Waals surface area contributed by atoms with Gasteiger partial charge in [0.25, 0.3) is 5.91 Å². The molecule has 0 saturated heterocycles. The molecule has 0 unspecified atom stereocenters. The molecule has 138 valence electrons. The van der Waals surface area contributed by atoms with Gasteiger partial charge in [-0.25, -0.2) is 5.43 Å². The van der Waals surface area contributed by atoms with Gasteiger partial charge in [-0.2, -0.15) is 5.10 Å². The summed E-state index contributed by atoms with van der Waals surface area (Å²) in [6.07, 6.45) is 3.52. The number of benzene rings is 2. The summed E-state index contributed by atoms with van der Waals surface area (Å²) in [6, 6.07) is 16.7. The normalized spacial score (nSPS) is 10.8. The number of hydrogen-bond donors (Lipinski definition) is 1. The van der Waals surface area contributed by atoms with Gasteiger partial charge in [-0.05, 0) is 48.5 Å². The first-order valence-electron chi connectivity index (χ1n) is 8.10. The third-order valence-electron chi connectivity index (χ3n) is 3.86. The Kier molecular flexibility index (Phi) is 5.93. The summed E-state index contributed by atoms with van der Waals surface area (Å²) < 4.78 is 13.3. The van der Waals surface area contributed by atoms with E-state index in [1.807, 2.05) is 47.2 Å². The number of aromatic nitrogens is 1. The van der Waals surface area contributed by atoms with E-state index in [1.165, 1.54) is 14.2 Å². The lowest BCUT2D eigenvalue weighted by Crippen LogP contribution is -2.18. The number of hydrogen-bond acceptors (Lipinski definition) is 4. The quantitative estimate of drug-likeness (QED) is 0.477. The minimum atomic E-state index is -0.356. The van der Waals surface area contributed by atoms with Crippen LogP contribution in [0.4, 0.5) is 0 Å². The van der Waals surface area contributed by atoms with Crippen molar-refractivity contribution in [1.82, 2.24) is 9.99 Å². The fourth-order valence-corrected chi connectivity index (χ4v) is 2.76. The molecule has 27 heavy (non-hydrogen) atoms. The molecule has 0 atom stereocenters. The van der Waals surface area contributed by atoms with Crippen LogP contribution >= 0.6 is 15.9 Å². The van der Waals surface area contributed by atoms with Crippen LogP contribution in [0.5, 0.6) is 11.5 Å². The predicted octanol–water partition coefficient (Wildman–Crippen LogP) is 4.02. The lowest BCUT2D eigenvalue weighted by atomic mass is 10.2. The van der Waals surface area contributed by atoms with Gasteiger partial charge in [0.1, 0.15) is 11.5 Å². The summed E-state index contributed by atoms with van der Waals surface area (Å²) in [4.78, 5) is 12.4. The Hall–Kier alpha value is -3.06. The lowest BCUT2D eigenvalue weighted by molar-refractivity contribution is 0.0954. The maximum Gasteiger partial charge on any atom is 0.271 e. The summed E-state index contributed by atoms with van der Waals surface area (Å²) in [6.45, 7) is 0. The predicted molar refractivity (Wildman–Crippen MR) is 108 cm³/mol. The van der Waals surface area contributed by atoms with Crippen LogP contribution in [-0.4, -0.2) is 30.9 Å². The van der Waals surface area contributed by atoms with E-state index < -0.39 is 0 Å². The third-order valence-corrected chi connectivity index (χ3v) is 4.39. The monoisotopic (exact) mass is 427 g/mol. The molecule has 3 rings (SSSR count). The van der Waals surface area contributed by atoms with Gasteiger partial charge in [0.15, 0.2) is 0 Å². The average Bonchev–Trinajstić information content (AvgIpc) is 3.16. The number of amides is 1. The van der Waals surface area contributed by atoms with Crippen LogP contribution in [0.25, 0.3) is 5.69 Å². The highest BCUT2D eigenvalue weighted by Gasteiger charge is 2.09. The van der Waals surface area contributed by atoms with Crippen molar-refractivity contribution in [3.05, 3.63) is 76.5 Å². The number of rotatable bonds is 6. The van der Waals surface area contributed by atoms with E-state index in [1.54, 1.807) is 24.4 Å². The van der Waals surface area contributed by atoms with Gasteiger partial charge >= 0.3 is 0 Å². The van der Waals surface area contributed by atoms with Crippen molar-refractivity contribution in [1.29, 1.82) is 0 Å². The Balaban J connectivity index is 1.74. The molecule has 0 fully saturated rings. The maximum absolute atomic E-state index is 12.4. The molecule has 1 heterocycles. The molecule has 1 aromatic heterocycles. The van der Waals surface area contributed by atoms with Crippen LogP contribution in [0.15, 0.2) is 70.4 Å². The summed E-state index contributed by atoms with van der Waals surface area (Å²) in [5, 5.41) is 4.07. The van der Waals surface area contributed by atoms with Crippen LogP contribution in [0.3, 0.4) is 0 Å². The molecule has 0 aliphatic rings. The number of halogens is 1. The summed E-state index contributed by atoms with van der Waals surface area (Å²) in [5.41, 5.74) is 4.75. The largest absolute Gasteiger partial charge is 0.497 e. The Morgan fingerprint density at radius 3 is 2.37 bits per heavy atom. The van der Waals surface area contributed by atoms with E-state index in [0.717, 1.165) is 15.9 Å². The number of ether oxygens (including phenoxy) is 2. The Bertz CT molecular complexity index is 943. The van der Waals surface area contributed by atoms with Crippen LogP contribution < -0.4 is 14.9 Å². The van der Waals surface area contributed by atoms with Crippen molar-refractivity contribution in [2.45, 2.75) is 0 Å². The van der Waals surface area contributed by atoms with Gasteiger partial charge in [0.2, 0.25) is 0 Å². The molecular weight excluding hydrogens is 410 g/mol. The van der Waals surface area contributed by atoms with Gasteiger partial charge < -0.3 is 14.0 Å². The second-order valence-electron chi connectivity index (χ2n) is 5.58. The molecule has 0 aliphatic carbocycles. The topological polar surface area (TPSA) is 64.8 Å². The molecule has 7 heteroatoms. The minimum Gasteiger partial charge on any atom is -0.497 e. The fraction of sp³-hybridized carbons (Fsp3) is 0.100. The molecule has 1 amide bonds. The van der Waals surface area contributed by atoms with Crippen molar-refractivity contribution in [3.63, 3.8) is 0 Å². The number of carbonyl (C=O) groups excluding carboxylic acids is 1. The van der Waals surface area contributed by atoms with Gasteiger partial charge in [-0.15, -0.1) is 0 Å². The summed E-state index contributed by atoms with van der Waals surface area (Å²) in [7, 11) is 3.07. The molecule has 1 N–H and O–H groups in total. The number of hydrazone groups is 1. The molecule has 0 aliphatic heterocycles. The lowest BCUT2D eigenvalue weighted by Gasteiger charge is -2.08. The standard InChI is InChI=1S/C20H18BrN3O3/c1-26-18-10-14(11-19(12-18)27-2)20(25)23-22-13-17-4-3-9-24(17)16-7-5-15(21)6-8-16/h3-13H,1-2H3,(H,23,25)/b22-13-. The number of nitrogens with zero attached hydrogens (tertiary/aromatic N) is 2. The SMILES string of the molecule is COc1cc(OC)cc(C(=O)N/N=C\c2cccn2-c2ccc(Br)cc2)c1. The average molecular weight is 428 g/mol. The second kappa shape index (κ2) is 8.55. The van der Waals surface area contributed by atoms with E-state index in [4.69, 9.17) is 9.47 Å². The van der Waals surface area contributed by atoms with Crippen LogP contribution in [0, 0.1) is 0 Å². The molecular formula is C20H18BrN3O3. The Morgan fingerprint density at radius 2 is 1.74 bits per heavy atom. The van der Waals surface area contributed by atoms with Gasteiger partial charge in [-0.1, -0.05) is 15.9 Å². The number of carbonyl (C=O) groups is 1. The smallest absolute Gasteiger partial charge is 0.271 e. The molecule has 0 spiro atoms. The maximum atomic E-state index is 12.4. The van der Waals surface area contributed by atoms with Gasteiger partial charge in [0.05, 0.1) is 26.1 Å². The number of nitrogens with one attached hydrogen (secondary N) is 1. The van der Waals surface area contributed by atoms with Crippen molar-refractivity contribution < 1.29 is 14.3 Å². The van der Waals surface area contributed by atoms with Gasteiger partial charge in [-0.3, -0.25) is 4.79 Å². The Morgan fingerprint density at radius 1 is 1.07 bits per heavy atom. The van der Waals surface area contributed by atoms with Gasteiger partial charge in [0, 0.05) is 28.0 Å². The van der Waals surface area contributed by atoms with Crippen LogP contribution in [-0.2, 0) is 0 Å². The first-order valence-corrected chi connectivity index (χ1v) is 8.90. The third kappa shape index (κ3) is 4.57. The van der Waals surface area contributed by atoms with E-state index in [9.17, 15) is 4.79 Å². The molecule has 0 bridgehead atoms. The molecule has 3 aromatic rings. The van der Waals surface area contributed by atoms with E-state index in [0.29, 0.717) is 17.1 Å². The second-order valence-corrected chi connectivity index (χ2v) is 6.50. The first kappa shape index (κ1) is 18.7. The van der Waals surface area contributed by atoms with E-state index in [2.05, 4.69) is 26.5 Å². The zero-order valence-corrected chi connectivity index (χ0v) is 16.4. The summed E-state index contributed by atoms with van der Waals surface area (Å²) in [5.74, 6) is 0.713. The van der Waals surface area contributed by atoms with E-state index in [-0.39, 0.29) is 5.91 Å². The van der Waals surface area contributed by atoms with E-state index >= 15 is 0 Å². The van der Waals surface area contributed by atoms with Crippen LogP contribution in [0.1, 0.15) is 16.1 Å². The highest BCUT2D eigenvalue weighted by molar-refractivity contribution is 9.10. The molecule has 6 nitrogen and oxygen atoms in total. The molecule has 2 aromatic carbocycles. The molecule has 0 radical (unpaired) electrons. The van der Waals surface area contributed by atoms with Crippen molar-refractivity contribution in [3.8, 4) is 17.2 Å². The Labute approximate surface area is 165 Å². The highest BCUT2D eigenvalue weighted by atomic mass is 79.9. The highest BCUT2D eigenvalue weighted by Crippen LogP contribution is 2.22. The zero-order valence-electron chi connectivity index (χ0n) is 14.8. The zero-order chi connectivity index (χ0) is 19.2. The number of methoxy groups -OCH3 is 2. The molecule has 0 saturated carbocycles. The fourth-order valence-electron chi connectivity index (χ4n) is 2.50. The first-order chi connectivity index (χ1) is 13.1. The van der Waals surface area contributed by atoms with Crippen molar-refractivity contribution >= 4 is 28.1 Å². The van der Waals surface area contributed by atoms with Crippen molar-refractivity contribution in [2.24, 2.45) is 5.10 Å². The van der Waals surface area contributed by atoms with Crippen molar-refractivity contribution in [2.75, 3.05) is 14.2 Å². The minimum absolute atomic E-state index is 0.356.